The molecular weight excluding hydrogens is 408 g/mol. The van der Waals surface area contributed by atoms with E-state index in [0.29, 0.717) is 42.8 Å². The third kappa shape index (κ3) is 4.37. The van der Waals surface area contributed by atoms with E-state index in [2.05, 4.69) is 41.0 Å². The molecule has 2 aromatic heterocycles. The highest BCUT2D eigenvalue weighted by Gasteiger charge is 2.26. The van der Waals surface area contributed by atoms with Crippen LogP contribution in [0.5, 0.6) is 0 Å². The fraction of sp³-hybridized carbons (Fsp3) is 0.391. The topological polar surface area (TPSA) is 107 Å². The molecular formula is C23H28N6O3. The van der Waals surface area contributed by atoms with Crippen LogP contribution in [0.15, 0.2) is 42.6 Å². The molecule has 2 N–H and O–H groups in total. The molecule has 0 unspecified atom stereocenters. The average molecular weight is 437 g/mol. The van der Waals surface area contributed by atoms with Crippen LogP contribution in [0.3, 0.4) is 0 Å². The monoisotopic (exact) mass is 436 g/mol. The minimum Gasteiger partial charge on any atom is -0.377 e. The molecule has 0 saturated carbocycles. The summed E-state index contributed by atoms with van der Waals surface area (Å²) in [5.41, 5.74) is 2.12. The zero-order valence-electron chi connectivity index (χ0n) is 18.6. The Morgan fingerprint density at radius 2 is 1.97 bits per heavy atom. The Hall–Kier alpha value is -3.62. The number of rotatable bonds is 6. The van der Waals surface area contributed by atoms with Crippen molar-refractivity contribution in [2.45, 2.75) is 32.7 Å². The van der Waals surface area contributed by atoms with E-state index >= 15 is 0 Å². The number of aromatic amines is 1. The molecule has 1 saturated heterocycles. The fourth-order valence-electron chi connectivity index (χ4n) is 3.84. The first-order valence-corrected chi connectivity index (χ1v) is 10.8. The van der Waals surface area contributed by atoms with Crippen LogP contribution in [0, 0.1) is 10.1 Å². The van der Waals surface area contributed by atoms with Gasteiger partial charge in [0.05, 0.1) is 10.6 Å². The maximum absolute atomic E-state index is 13.0. The number of carbonyl (C=O) groups is 1. The smallest absolute Gasteiger partial charge is 0.270 e. The number of nitrogens with one attached hydrogen (secondary N) is 2. The summed E-state index contributed by atoms with van der Waals surface area (Å²) in [5.74, 6) is 0.800. The normalized spacial score (nSPS) is 14.6. The van der Waals surface area contributed by atoms with Crippen LogP contribution in [-0.2, 0) is 0 Å². The number of fused-ring (bicyclic) bond motifs is 1. The van der Waals surface area contributed by atoms with Gasteiger partial charge in [-0.3, -0.25) is 14.9 Å². The van der Waals surface area contributed by atoms with Crippen LogP contribution in [0.4, 0.5) is 17.2 Å². The predicted molar refractivity (Wildman–Crippen MR) is 125 cm³/mol. The van der Waals surface area contributed by atoms with Gasteiger partial charge in [0.15, 0.2) is 5.82 Å². The van der Waals surface area contributed by atoms with Crippen LogP contribution in [-0.4, -0.2) is 57.4 Å². The van der Waals surface area contributed by atoms with Crippen molar-refractivity contribution in [1.82, 2.24) is 14.9 Å². The van der Waals surface area contributed by atoms with Gasteiger partial charge in [0.2, 0.25) is 0 Å². The minimum absolute atomic E-state index is 0.00939. The lowest BCUT2D eigenvalue weighted by atomic mass is 10.0. The zero-order chi connectivity index (χ0) is 22.9. The van der Waals surface area contributed by atoms with E-state index in [1.165, 1.54) is 12.1 Å². The summed E-state index contributed by atoms with van der Waals surface area (Å²) >= 11 is 0. The summed E-state index contributed by atoms with van der Waals surface area (Å²) < 4.78 is 0. The Morgan fingerprint density at radius 1 is 1.22 bits per heavy atom. The van der Waals surface area contributed by atoms with Gasteiger partial charge < -0.3 is 20.1 Å². The molecule has 32 heavy (non-hydrogen) atoms. The number of carbonyl (C=O) groups excluding carboxylic acids is 1. The average Bonchev–Trinajstić information content (AvgIpc) is 3.22. The number of benzene rings is 1. The summed E-state index contributed by atoms with van der Waals surface area (Å²) in [6.45, 7) is 8.97. The first-order valence-electron chi connectivity index (χ1n) is 10.8. The summed E-state index contributed by atoms with van der Waals surface area (Å²) in [4.78, 5) is 35.3. The third-order valence-electron chi connectivity index (χ3n) is 6.06. The number of amides is 1. The van der Waals surface area contributed by atoms with Crippen molar-refractivity contribution in [3.8, 4) is 0 Å². The van der Waals surface area contributed by atoms with Gasteiger partial charge in [-0.1, -0.05) is 6.92 Å². The maximum Gasteiger partial charge on any atom is 0.270 e. The molecule has 3 heterocycles. The van der Waals surface area contributed by atoms with E-state index < -0.39 is 4.92 Å². The standard InChI is InChI=1S/C23H28N6O3/c1-4-23(2,3)26-19-6-5-9-24-21(19)27-10-12-28(13-11-27)22(30)20-15-16-14-17(29(31)32)7-8-18(16)25-20/h5-9,14-15,25-26H,4,10-13H2,1-3H3. The lowest BCUT2D eigenvalue weighted by molar-refractivity contribution is -0.384. The molecule has 1 aliphatic rings. The first-order chi connectivity index (χ1) is 15.3. The fourth-order valence-corrected chi connectivity index (χ4v) is 3.84. The number of hydrogen-bond donors (Lipinski definition) is 2. The molecule has 3 aromatic rings. The maximum atomic E-state index is 13.0. The molecule has 4 rings (SSSR count). The van der Waals surface area contributed by atoms with Gasteiger partial charge in [-0.2, -0.15) is 0 Å². The lowest BCUT2D eigenvalue weighted by Gasteiger charge is -2.37. The quantitative estimate of drug-likeness (QED) is 0.446. The molecule has 1 fully saturated rings. The minimum atomic E-state index is -0.435. The van der Waals surface area contributed by atoms with Gasteiger partial charge >= 0.3 is 0 Å². The summed E-state index contributed by atoms with van der Waals surface area (Å²) in [6, 6.07) is 10.2. The number of nitrogens with zero attached hydrogens (tertiary/aromatic N) is 4. The van der Waals surface area contributed by atoms with E-state index in [1.54, 1.807) is 18.3 Å². The van der Waals surface area contributed by atoms with Crippen molar-refractivity contribution in [3.63, 3.8) is 0 Å². The number of nitro groups is 1. The molecule has 1 amide bonds. The van der Waals surface area contributed by atoms with E-state index in [0.717, 1.165) is 17.9 Å². The Balaban J connectivity index is 1.46. The number of aromatic nitrogens is 2. The second-order valence-corrected chi connectivity index (χ2v) is 8.73. The van der Waals surface area contributed by atoms with Crippen molar-refractivity contribution in [1.29, 1.82) is 0 Å². The van der Waals surface area contributed by atoms with Gasteiger partial charge in [0, 0.05) is 61.0 Å². The highest BCUT2D eigenvalue weighted by Crippen LogP contribution is 2.28. The van der Waals surface area contributed by atoms with E-state index in [1.807, 2.05) is 17.0 Å². The number of piperazine rings is 1. The number of pyridine rings is 1. The van der Waals surface area contributed by atoms with Gasteiger partial charge in [-0.05, 0) is 44.5 Å². The number of H-pyrrole nitrogens is 1. The lowest BCUT2D eigenvalue weighted by Crippen LogP contribution is -2.49. The number of non-ortho nitro benzene ring substituents is 1. The Labute approximate surface area is 186 Å². The van der Waals surface area contributed by atoms with Crippen LogP contribution in [0.1, 0.15) is 37.7 Å². The van der Waals surface area contributed by atoms with Crippen molar-refractivity contribution < 1.29 is 9.72 Å². The number of nitro benzene ring substituents is 1. The van der Waals surface area contributed by atoms with E-state index in [9.17, 15) is 14.9 Å². The van der Waals surface area contributed by atoms with Crippen molar-refractivity contribution in [3.05, 3.63) is 58.4 Å². The largest absolute Gasteiger partial charge is 0.377 e. The molecule has 0 bridgehead atoms. The van der Waals surface area contributed by atoms with Crippen LogP contribution >= 0.6 is 0 Å². The predicted octanol–water partition coefficient (Wildman–Crippen LogP) is 4.03. The molecule has 168 valence electrons. The Kier molecular flexibility index (Phi) is 5.73. The summed E-state index contributed by atoms with van der Waals surface area (Å²) in [7, 11) is 0. The van der Waals surface area contributed by atoms with Crippen LogP contribution in [0.25, 0.3) is 10.9 Å². The number of anilines is 2. The SMILES string of the molecule is CCC(C)(C)Nc1cccnc1N1CCN(C(=O)c2cc3cc([N+](=O)[O-])ccc3[nH]2)CC1. The second-order valence-electron chi connectivity index (χ2n) is 8.73. The summed E-state index contributed by atoms with van der Waals surface area (Å²) in [6.07, 6.45) is 2.78. The molecule has 0 atom stereocenters. The molecule has 0 aliphatic carbocycles. The highest BCUT2D eigenvalue weighted by atomic mass is 16.6. The summed E-state index contributed by atoms with van der Waals surface area (Å²) in [5, 5.41) is 15.2. The highest BCUT2D eigenvalue weighted by molar-refractivity contribution is 5.98. The molecule has 0 spiro atoms. The van der Waals surface area contributed by atoms with Crippen molar-refractivity contribution in [2.75, 3.05) is 36.4 Å². The van der Waals surface area contributed by atoms with E-state index in [-0.39, 0.29) is 17.1 Å². The molecule has 9 heteroatoms. The molecule has 1 aliphatic heterocycles. The van der Waals surface area contributed by atoms with Gasteiger partial charge in [0.25, 0.3) is 11.6 Å². The van der Waals surface area contributed by atoms with Gasteiger partial charge in [0.1, 0.15) is 5.69 Å². The van der Waals surface area contributed by atoms with Crippen molar-refractivity contribution >= 4 is 34.0 Å². The van der Waals surface area contributed by atoms with E-state index in [4.69, 9.17) is 0 Å². The zero-order valence-corrected chi connectivity index (χ0v) is 18.6. The third-order valence-corrected chi connectivity index (χ3v) is 6.06. The van der Waals surface area contributed by atoms with Crippen molar-refractivity contribution in [2.24, 2.45) is 0 Å². The van der Waals surface area contributed by atoms with Crippen LogP contribution < -0.4 is 10.2 Å². The second kappa shape index (κ2) is 8.49. The van der Waals surface area contributed by atoms with Gasteiger partial charge in [-0.25, -0.2) is 4.98 Å². The molecule has 9 nitrogen and oxygen atoms in total. The van der Waals surface area contributed by atoms with Gasteiger partial charge in [-0.15, -0.1) is 0 Å². The molecule has 0 radical (unpaired) electrons. The van der Waals surface area contributed by atoms with Crippen LogP contribution in [0.2, 0.25) is 0 Å². The Bertz CT molecular complexity index is 1150. The number of hydrogen-bond acceptors (Lipinski definition) is 6. The first kappa shape index (κ1) is 21.6. The Morgan fingerprint density at radius 3 is 2.66 bits per heavy atom. The molecule has 1 aromatic carbocycles.